The van der Waals surface area contributed by atoms with Gasteiger partial charge in [-0.25, -0.2) is 9.37 Å². The molecular weight excluding hydrogens is 413 g/mol. The number of amides is 1. The SMILES string of the molecule is COC[C@H](C)n1ncc2cc(F)c(C(=O)Nc3cccc(-c4nncn4C(C)C)n3)cc21. The van der Waals surface area contributed by atoms with Gasteiger partial charge in [-0.15, -0.1) is 10.2 Å². The highest BCUT2D eigenvalue weighted by Crippen LogP contribution is 2.24. The molecule has 3 heterocycles. The van der Waals surface area contributed by atoms with Crippen molar-refractivity contribution in [1.82, 2.24) is 29.5 Å². The number of hydrogen-bond acceptors (Lipinski definition) is 6. The number of carbonyl (C=O) groups is 1. The number of carbonyl (C=O) groups excluding carboxylic acids is 1. The summed E-state index contributed by atoms with van der Waals surface area (Å²) in [6, 6.07) is 8.04. The van der Waals surface area contributed by atoms with Crippen LogP contribution in [0.25, 0.3) is 22.4 Å². The molecule has 0 radical (unpaired) electrons. The fourth-order valence-corrected chi connectivity index (χ4v) is 3.52. The fraction of sp³-hybridized carbons (Fsp3) is 0.318. The summed E-state index contributed by atoms with van der Waals surface area (Å²) in [7, 11) is 1.60. The highest BCUT2D eigenvalue weighted by molar-refractivity contribution is 6.06. The Morgan fingerprint density at radius 3 is 2.81 bits per heavy atom. The Kier molecular flexibility index (Phi) is 5.95. The third-order valence-electron chi connectivity index (χ3n) is 5.10. The summed E-state index contributed by atoms with van der Waals surface area (Å²) in [4.78, 5) is 17.4. The lowest BCUT2D eigenvalue weighted by Crippen LogP contribution is -2.16. The number of aromatic nitrogens is 6. The summed E-state index contributed by atoms with van der Waals surface area (Å²) in [6.07, 6.45) is 3.20. The van der Waals surface area contributed by atoms with Gasteiger partial charge in [0, 0.05) is 18.5 Å². The van der Waals surface area contributed by atoms with E-state index < -0.39 is 11.7 Å². The van der Waals surface area contributed by atoms with Crippen LogP contribution in [0.2, 0.25) is 0 Å². The number of rotatable bonds is 7. The van der Waals surface area contributed by atoms with Crippen molar-refractivity contribution >= 4 is 22.6 Å². The summed E-state index contributed by atoms with van der Waals surface area (Å²) >= 11 is 0. The zero-order chi connectivity index (χ0) is 22.8. The van der Waals surface area contributed by atoms with Crippen LogP contribution >= 0.6 is 0 Å². The van der Waals surface area contributed by atoms with Gasteiger partial charge in [-0.2, -0.15) is 5.10 Å². The quantitative estimate of drug-likeness (QED) is 0.471. The van der Waals surface area contributed by atoms with E-state index in [4.69, 9.17) is 4.74 Å². The minimum Gasteiger partial charge on any atom is -0.382 e. The molecule has 32 heavy (non-hydrogen) atoms. The molecule has 1 aromatic carbocycles. The molecule has 0 aliphatic carbocycles. The van der Waals surface area contributed by atoms with E-state index in [9.17, 15) is 9.18 Å². The Hall–Kier alpha value is -3.66. The predicted molar refractivity (Wildman–Crippen MR) is 118 cm³/mol. The number of nitrogens with zero attached hydrogens (tertiary/aromatic N) is 6. The van der Waals surface area contributed by atoms with Gasteiger partial charge in [0.15, 0.2) is 5.82 Å². The lowest BCUT2D eigenvalue weighted by Gasteiger charge is -2.13. The van der Waals surface area contributed by atoms with E-state index in [1.807, 2.05) is 25.3 Å². The molecule has 1 atom stereocenters. The standard InChI is InChI=1S/C22H24FN7O2/c1-13(2)29-12-24-28-21(29)18-6-5-7-20(26-18)27-22(31)16-9-19-15(8-17(16)23)10-25-30(19)14(3)11-32-4/h5-10,12-14H,11H2,1-4H3,(H,26,27,31)/t14-/m0/s1. The van der Waals surface area contributed by atoms with Gasteiger partial charge in [0.1, 0.15) is 23.7 Å². The normalized spacial score (nSPS) is 12.4. The molecule has 0 saturated carbocycles. The van der Waals surface area contributed by atoms with Gasteiger partial charge >= 0.3 is 0 Å². The third kappa shape index (κ3) is 4.09. The maximum Gasteiger partial charge on any atom is 0.259 e. The van der Waals surface area contributed by atoms with Crippen molar-refractivity contribution in [2.45, 2.75) is 32.9 Å². The minimum atomic E-state index is -0.635. The van der Waals surface area contributed by atoms with Crippen molar-refractivity contribution in [3.8, 4) is 11.5 Å². The second kappa shape index (κ2) is 8.83. The van der Waals surface area contributed by atoms with Crippen LogP contribution in [0.1, 0.15) is 43.2 Å². The molecule has 3 aromatic heterocycles. The molecule has 166 valence electrons. The van der Waals surface area contributed by atoms with Gasteiger partial charge in [-0.1, -0.05) is 6.07 Å². The number of halogens is 1. The molecule has 4 rings (SSSR count). The van der Waals surface area contributed by atoms with E-state index in [-0.39, 0.29) is 23.5 Å². The van der Waals surface area contributed by atoms with Crippen LogP contribution in [0.5, 0.6) is 0 Å². The Morgan fingerprint density at radius 2 is 2.06 bits per heavy atom. The highest BCUT2D eigenvalue weighted by Gasteiger charge is 2.19. The van der Waals surface area contributed by atoms with Gasteiger partial charge in [0.25, 0.3) is 5.91 Å². The van der Waals surface area contributed by atoms with E-state index in [0.717, 1.165) is 0 Å². The van der Waals surface area contributed by atoms with Gasteiger partial charge in [0.05, 0.1) is 29.9 Å². The lowest BCUT2D eigenvalue weighted by atomic mass is 10.1. The van der Waals surface area contributed by atoms with Crippen LogP contribution in [0.15, 0.2) is 42.9 Å². The van der Waals surface area contributed by atoms with E-state index in [1.165, 1.54) is 12.1 Å². The molecule has 0 spiro atoms. The molecule has 9 nitrogen and oxygen atoms in total. The molecule has 0 unspecified atom stereocenters. The second-order valence-electron chi connectivity index (χ2n) is 7.80. The molecule has 1 amide bonds. The Labute approximate surface area is 184 Å². The number of fused-ring (bicyclic) bond motifs is 1. The van der Waals surface area contributed by atoms with Crippen molar-refractivity contribution in [3.63, 3.8) is 0 Å². The molecule has 0 fully saturated rings. The van der Waals surface area contributed by atoms with Gasteiger partial charge in [0.2, 0.25) is 0 Å². The molecule has 0 aliphatic rings. The second-order valence-corrected chi connectivity index (χ2v) is 7.80. The summed E-state index contributed by atoms with van der Waals surface area (Å²) in [5, 5.41) is 15.7. The number of pyridine rings is 1. The van der Waals surface area contributed by atoms with Crippen LogP contribution in [-0.2, 0) is 4.74 Å². The molecule has 1 N–H and O–H groups in total. The zero-order valence-corrected chi connectivity index (χ0v) is 18.3. The third-order valence-corrected chi connectivity index (χ3v) is 5.10. The minimum absolute atomic E-state index is 0.0736. The van der Waals surface area contributed by atoms with Crippen molar-refractivity contribution in [2.75, 3.05) is 19.0 Å². The first kappa shape index (κ1) is 21.6. The molecule has 0 aliphatic heterocycles. The molecule has 4 aromatic rings. The van der Waals surface area contributed by atoms with Crippen LogP contribution in [0.3, 0.4) is 0 Å². The monoisotopic (exact) mass is 437 g/mol. The summed E-state index contributed by atoms with van der Waals surface area (Å²) in [6.45, 7) is 6.39. The Balaban J connectivity index is 1.63. The Bertz CT molecular complexity index is 1260. The van der Waals surface area contributed by atoms with Crippen LogP contribution in [-0.4, -0.2) is 49.2 Å². The first-order valence-electron chi connectivity index (χ1n) is 10.2. The van der Waals surface area contributed by atoms with Crippen LogP contribution in [0, 0.1) is 5.82 Å². The molecular formula is C22H24FN7O2. The molecule has 10 heteroatoms. The maximum atomic E-state index is 14.7. The van der Waals surface area contributed by atoms with Crippen LogP contribution in [0.4, 0.5) is 10.2 Å². The zero-order valence-electron chi connectivity index (χ0n) is 18.3. The van der Waals surface area contributed by atoms with E-state index >= 15 is 0 Å². The van der Waals surface area contributed by atoms with Gasteiger partial charge < -0.3 is 14.6 Å². The largest absolute Gasteiger partial charge is 0.382 e. The molecule has 0 bridgehead atoms. The summed E-state index contributed by atoms with van der Waals surface area (Å²) < 4.78 is 23.5. The number of nitrogens with one attached hydrogen (secondary N) is 1. The first-order valence-corrected chi connectivity index (χ1v) is 10.2. The Morgan fingerprint density at radius 1 is 1.25 bits per heavy atom. The number of hydrogen-bond donors (Lipinski definition) is 1. The van der Waals surface area contributed by atoms with Crippen molar-refractivity contribution in [2.24, 2.45) is 0 Å². The average molecular weight is 437 g/mol. The maximum absolute atomic E-state index is 14.7. The van der Waals surface area contributed by atoms with Gasteiger partial charge in [-0.05, 0) is 45.0 Å². The smallest absolute Gasteiger partial charge is 0.259 e. The summed E-state index contributed by atoms with van der Waals surface area (Å²) in [5.41, 5.74) is 1.10. The fourth-order valence-electron chi connectivity index (χ4n) is 3.52. The first-order chi connectivity index (χ1) is 15.4. The lowest BCUT2D eigenvalue weighted by molar-refractivity contribution is 0.102. The average Bonchev–Trinajstić information content (AvgIpc) is 3.40. The van der Waals surface area contributed by atoms with Crippen molar-refractivity contribution < 1.29 is 13.9 Å². The van der Waals surface area contributed by atoms with E-state index in [1.54, 1.807) is 42.5 Å². The highest BCUT2D eigenvalue weighted by atomic mass is 19.1. The number of methoxy groups -OCH3 is 1. The van der Waals surface area contributed by atoms with Gasteiger partial charge in [-0.3, -0.25) is 9.48 Å². The summed E-state index contributed by atoms with van der Waals surface area (Å²) in [5.74, 6) is -0.373. The van der Waals surface area contributed by atoms with E-state index in [2.05, 4.69) is 25.6 Å². The van der Waals surface area contributed by atoms with Crippen molar-refractivity contribution in [3.05, 3.63) is 54.2 Å². The molecule has 0 saturated heterocycles. The predicted octanol–water partition coefficient (Wildman–Crippen LogP) is 3.87. The topological polar surface area (TPSA) is 99.8 Å². The number of ether oxygens (including phenoxy) is 1. The number of anilines is 1. The van der Waals surface area contributed by atoms with E-state index in [0.29, 0.717) is 29.0 Å². The van der Waals surface area contributed by atoms with Crippen molar-refractivity contribution in [1.29, 1.82) is 0 Å². The number of benzene rings is 1. The van der Waals surface area contributed by atoms with Crippen LogP contribution < -0.4 is 5.32 Å².